The highest BCUT2D eigenvalue weighted by Gasteiger charge is 2.31. The van der Waals surface area contributed by atoms with Gasteiger partial charge in [0.05, 0.1) is 45.5 Å². The van der Waals surface area contributed by atoms with Crippen molar-refractivity contribution in [3.05, 3.63) is 68.5 Å². The molecule has 2 aliphatic rings. The second kappa shape index (κ2) is 26.3. The molecule has 0 spiro atoms. The van der Waals surface area contributed by atoms with E-state index in [2.05, 4.69) is 30.0 Å². The summed E-state index contributed by atoms with van der Waals surface area (Å²) < 4.78 is 71.6. The molecule has 0 bridgehead atoms. The molecule has 4 aromatic heterocycles. The van der Waals surface area contributed by atoms with Gasteiger partial charge in [-0.15, -0.1) is 0 Å². The number of ether oxygens (including phenoxy) is 2. The number of aromatic nitrogens is 8. The Bertz CT molecular complexity index is 3230. The first-order valence-corrected chi connectivity index (χ1v) is 28.5. The van der Waals surface area contributed by atoms with Crippen molar-refractivity contribution < 1.29 is 56.3 Å². The number of hydrogen-bond donors (Lipinski definition) is 6. The Kier molecular flexibility index (Phi) is 20.4. The first-order valence-electron chi connectivity index (χ1n) is 25.6. The highest BCUT2D eigenvalue weighted by atomic mass is 32.2. The fraction of sp³-hybridized carbons (Fsp3) is 0.520. The van der Waals surface area contributed by atoms with E-state index in [1.165, 1.54) is 18.0 Å². The van der Waals surface area contributed by atoms with Crippen molar-refractivity contribution in [2.75, 3.05) is 79.7 Å². The van der Waals surface area contributed by atoms with Crippen molar-refractivity contribution in [1.82, 2.24) is 57.9 Å². The summed E-state index contributed by atoms with van der Waals surface area (Å²) in [6.07, 6.45) is 0.0958. The summed E-state index contributed by atoms with van der Waals surface area (Å²) in [5.41, 5.74) is 3.51. The molecule has 78 heavy (non-hydrogen) atoms. The van der Waals surface area contributed by atoms with Gasteiger partial charge in [-0.2, -0.15) is 18.8 Å². The van der Waals surface area contributed by atoms with Crippen LogP contribution in [0.4, 0.5) is 0 Å². The van der Waals surface area contributed by atoms with E-state index in [0.717, 1.165) is 50.2 Å². The van der Waals surface area contributed by atoms with Gasteiger partial charge in [-0.05, 0) is 103 Å². The number of fused-ring (bicyclic) bond motifs is 2. The lowest BCUT2D eigenvalue weighted by Crippen LogP contribution is -2.39. The monoisotopic (exact) mass is 1130 g/mol. The molecule has 2 unspecified atom stereocenters. The van der Waals surface area contributed by atoms with Crippen molar-refractivity contribution in [1.29, 1.82) is 0 Å². The topological polar surface area (TPSA) is 342 Å². The molecule has 6 N–H and O–H groups in total. The molecule has 26 nitrogen and oxygen atoms in total. The van der Waals surface area contributed by atoms with E-state index < -0.39 is 44.2 Å². The average Bonchev–Trinajstić information content (AvgIpc) is 3.70. The number of nitrogens with zero attached hydrogens (tertiary/aromatic N) is 10. The molecule has 0 aliphatic carbocycles. The minimum Gasteiger partial charge on any atom is -0.493 e. The molecule has 28 heteroatoms. The maximum atomic E-state index is 13.5. The van der Waals surface area contributed by atoms with Crippen LogP contribution in [0.1, 0.15) is 64.8 Å². The summed E-state index contributed by atoms with van der Waals surface area (Å²) >= 11 is 0. The second-order valence-electron chi connectivity index (χ2n) is 18.7. The Morgan fingerprint density at radius 1 is 0.590 bits per heavy atom. The first-order chi connectivity index (χ1) is 37.0. The Morgan fingerprint density at radius 3 is 1.29 bits per heavy atom. The van der Waals surface area contributed by atoms with Gasteiger partial charge in [-0.3, -0.25) is 19.0 Å². The number of H-pyrrole nitrogens is 2. The van der Waals surface area contributed by atoms with E-state index in [1.807, 2.05) is 41.8 Å². The zero-order chi connectivity index (χ0) is 57.2. The number of benzene rings is 2. The van der Waals surface area contributed by atoms with E-state index in [-0.39, 0.29) is 32.6 Å². The number of aliphatic hydroxyl groups excluding tert-OH is 2. The first kappa shape index (κ1) is 60.6. The third-order valence-corrected chi connectivity index (χ3v) is 16.7. The molecule has 2 atom stereocenters. The minimum atomic E-state index is -3.72. The summed E-state index contributed by atoms with van der Waals surface area (Å²) in [4.78, 5) is 65.1. The molecule has 0 radical (unpaired) electrons. The van der Waals surface area contributed by atoms with Crippen molar-refractivity contribution >= 4 is 54.1 Å². The number of aliphatic carboxylic acids is 2. The lowest BCUT2D eigenvalue weighted by atomic mass is 10.1. The van der Waals surface area contributed by atoms with Crippen molar-refractivity contribution in [3.63, 3.8) is 0 Å². The van der Waals surface area contributed by atoms with Crippen LogP contribution in [-0.2, 0) is 56.6 Å². The number of likely N-dealkylation sites (N-methyl/N-ethyl adjacent to an activating group) is 2. The van der Waals surface area contributed by atoms with Gasteiger partial charge >= 0.3 is 11.9 Å². The van der Waals surface area contributed by atoms with Crippen LogP contribution in [0.3, 0.4) is 0 Å². The number of carboxylic acid groups (broad SMARTS) is 2. The standard InChI is InChI=1S/2C23H32N6O4S.C4H6O6/c2*1-5-8-18-20-21(28(4)26-18)23(30)25-22(24-20)17-15-16(9-10-19(17)33-6-2)34(31,32)29-12-7-11-27(3)13-14-29;5-1(3(7)8)2(6)4(9)10/h2*9-10,15H,5-8,11-14H2,1-4H3,(H,24,25,30);1-2,5-6H,(H,7,8)(H,9,10). The number of aromatic amines is 2. The van der Waals surface area contributed by atoms with E-state index >= 15 is 0 Å². The van der Waals surface area contributed by atoms with E-state index in [0.29, 0.717) is 110 Å². The van der Waals surface area contributed by atoms with Crippen molar-refractivity contribution in [2.45, 2.75) is 88.2 Å². The lowest BCUT2D eigenvalue weighted by Gasteiger charge is -2.21. The number of hydrogen-bond acceptors (Lipinski definition) is 18. The number of aliphatic hydroxyl groups is 2. The van der Waals surface area contributed by atoms with Gasteiger partial charge in [-0.25, -0.2) is 36.4 Å². The molecule has 2 fully saturated rings. The van der Waals surface area contributed by atoms with Gasteiger partial charge in [0.15, 0.2) is 23.2 Å². The normalized spacial score (nSPS) is 16.1. The highest BCUT2D eigenvalue weighted by Crippen LogP contribution is 2.34. The average molecular weight is 1130 g/mol. The molecule has 6 heterocycles. The van der Waals surface area contributed by atoms with Gasteiger partial charge in [0.1, 0.15) is 34.2 Å². The molecule has 2 saturated heterocycles. The summed E-state index contributed by atoms with van der Waals surface area (Å²) in [6.45, 7) is 13.4. The molecule has 0 saturated carbocycles. The van der Waals surface area contributed by atoms with Crippen LogP contribution in [-0.4, -0.2) is 199 Å². The summed E-state index contributed by atoms with van der Waals surface area (Å²) in [7, 11) is -0.0182. The molecule has 0 amide bonds. The van der Waals surface area contributed by atoms with E-state index in [4.69, 9.17) is 39.9 Å². The third-order valence-electron chi connectivity index (χ3n) is 12.9. The Morgan fingerprint density at radius 2 is 0.962 bits per heavy atom. The molecule has 2 aliphatic heterocycles. The van der Waals surface area contributed by atoms with Gasteiger partial charge < -0.3 is 49.7 Å². The number of aryl methyl sites for hydroxylation is 4. The summed E-state index contributed by atoms with van der Waals surface area (Å²) in [5, 5.41) is 41.5. The number of carboxylic acids is 2. The Labute approximate surface area is 451 Å². The maximum absolute atomic E-state index is 13.5. The molecular weight excluding hydrogens is 1060 g/mol. The predicted octanol–water partition coefficient (Wildman–Crippen LogP) is 1.88. The van der Waals surface area contributed by atoms with Gasteiger partial charge in [0.2, 0.25) is 20.0 Å². The molecule has 2 aromatic carbocycles. The number of sulfonamides is 2. The maximum Gasteiger partial charge on any atom is 0.335 e. The number of rotatable bonds is 17. The second-order valence-corrected chi connectivity index (χ2v) is 22.6. The predicted molar refractivity (Wildman–Crippen MR) is 288 cm³/mol. The van der Waals surface area contributed by atoms with Gasteiger partial charge in [-0.1, -0.05) is 26.7 Å². The largest absolute Gasteiger partial charge is 0.493 e. The Balaban J connectivity index is 0.000000215. The van der Waals surface area contributed by atoms with Crippen molar-refractivity contribution in [2.24, 2.45) is 14.1 Å². The van der Waals surface area contributed by atoms with Crippen LogP contribution in [0.25, 0.3) is 44.8 Å². The zero-order valence-corrected chi connectivity index (χ0v) is 46.7. The minimum absolute atomic E-state index is 0.151. The van der Waals surface area contributed by atoms with Crippen LogP contribution in [0.15, 0.2) is 55.8 Å². The Hall–Kier alpha value is -6.66. The van der Waals surface area contributed by atoms with Crippen molar-refractivity contribution in [3.8, 4) is 34.3 Å². The smallest absolute Gasteiger partial charge is 0.335 e. The lowest BCUT2D eigenvalue weighted by molar-refractivity contribution is -0.165. The zero-order valence-electron chi connectivity index (χ0n) is 45.1. The third kappa shape index (κ3) is 13.8. The fourth-order valence-electron chi connectivity index (χ4n) is 8.93. The van der Waals surface area contributed by atoms with Crippen LogP contribution in [0.5, 0.6) is 11.5 Å². The molecule has 8 rings (SSSR count). The molecule has 6 aromatic rings. The SMILES string of the molecule is CCCc1nn(C)c2c(=O)[nH]c(-c3cc(S(=O)(=O)N4CCCN(C)CC4)ccc3OCC)nc12.CCCc1nn(C)c2c(=O)[nH]c(-c3cc(S(=O)(=O)N4CCCN(C)CC4)ccc3OCC)nc12.O=C(O)C(O)C(O)C(=O)O. The van der Waals surface area contributed by atoms with Crippen LogP contribution in [0, 0.1) is 0 Å². The van der Waals surface area contributed by atoms with Gasteiger partial charge in [0, 0.05) is 53.4 Å². The van der Waals surface area contributed by atoms with E-state index in [9.17, 15) is 36.0 Å². The highest BCUT2D eigenvalue weighted by molar-refractivity contribution is 7.89. The number of carbonyl (C=O) groups is 2. The quantitative estimate of drug-likeness (QED) is 0.0759. The fourth-order valence-corrected chi connectivity index (χ4v) is 11.9. The van der Waals surface area contributed by atoms with Crippen LogP contribution in [0.2, 0.25) is 0 Å². The van der Waals surface area contributed by atoms with Gasteiger partial charge in [0.25, 0.3) is 11.1 Å². The summed E-state index contributed by atoms with van der Waals surface area (Å²) in [5.74, 6) is -2.09. The number of nitrogens with one attached hydrogen (secondary N) is 2. The molecular formula is C50H70N12O14S2. The van der Waals surface area contributed by atoms with Crippen LogP contribution < -0.4 is 20.6 Å². The van der Waals surface area contributed by atoms with E-state index in [1.54, 1.807) is 50.5 Å². The van der Waals surface area contributed by atoms with Crippen LogP contribution >= 0.6 is 0 Å². The molecule has 426 valence electrons. The summed E-state index contributed by atoms with van der Waals surface area (Å²) in [6, 6.07) is 9.49.